The lowest BCUT2D eigenvalue weighted by Gasteiger charge is -2.37. The Morgan fingerprint density at radius 3 is 2.59 bits per heavy atom. The Labute approximate surface area is 165 Å². The Kier molecular flexibility index (Phi) is 5.32. The monoisotopic (exact) mass is 381 g/mol. The van der Waals surface area contributed by atoms with Crippen LogP contribution in [0.5, 0.6) is 0 Å². The maximum Gasteiger partial charge on any atom is 0.270 e. The lowest BCUT2D eigenvalue weighted by atomic mass is 10.0. The molecule has 0 N–H and O–H groups in total. The average Bonchev–Trinajstić information content (AvgIpc) is 3.27. The molecule has 3 heterocycles. The van der Waals surface area contributed by atoms with Crippen molar-refractivity contribution in [2.24, 2.45) is 7.05 Å². The number of piperidine rings is 1. The zero-order valence-electron chi connectivity index (χ0n) is 16.1. The third kappa shape index (κ3) is 3.80. The second-order valence-corrected chi connectivity index (χ2v) is 8.47. The van der Waals surface area contributed by atoms with Crippen LogP contribution in [0.25, 0.3) is 10.2 Å². The van der Waals surface area contributed by atoms with E-state index in [9.17, 15) is 4.79 Å². The summed E-state index contributed by atoms with van der Waals surface area (Å²) in [6.45, 7) is 2.89. The number of amides is 1. The summed E-state index contributed by atoms with van der Waals surface area (Å²) in [6.07, 6.45) is 3.00. The van der Waals surface area contributed by atoms with Gasteiger partial charge in [-0.1, -0.05) is 30.3 Å². The number of thiophene rings is 1. The molecule has 3 aromatic rings. The highest BCUT2D eigenvalue weighted by molar-refractivity contribution is 7.17. The number of nitrogens with zero attached hydrogens (tertiary/aromatic N) is 3. The zero-order valence-corrected chi connectivity index (χ0v) is 16.9. The smallest absolute Gasteiger partial charge is 0.270 e. The number of rotatable bonds is 5. The number of carbonyl (C=O) groups is 1. The van der Waals surface area contributed by atoms with E-state index in [4.69, 9.17) is 0 Å². The van der Waals surface area contributed by atoms with Crippen molar-refractivity contribution in [3.63, 3.8) is 0 Å². The van der Waals surface area contributed by atoms with Crippen molar-refractivity contribution < 1.29 is 4.79 Å². The van der Waals surface area contributed by atoms with Gasteiger partial charge in [0.1, 0.15) is 5.69 Å². The van der Waals surface area contributed by atoms with Gasteiger partial charge in [0.05, 0.1) is 10.2 Å². The predicted octanol–water partition coefficient (Wildman–Crippen LogP) is 4.02. The second kappa shape index (κ2) is 7.87. The molecule has 0 unspecified atom stereocenters. The molecule has 0 bridgehead atoms. The van der Waals surface area contributed by atoms with E-state index in [1.54, 1.807) is 11.3 Å². The van der Waals surface area contributed by atoms with Gasteiger partial charge in [0.2, 0.25) is 0 Å². The van der Waals surface area contributed by atoms with E-state index in [0.29, 0.717) is 6.04 Å². The van der Waals surface area contributed by atoms with Crippen LogP contribution in [0.2, 0.25) is 0 Å². The molecule has 0 radical (unpaired) electrons. The summed E-state index contributed by atoms with van der Waals surface area (Å²) in [5.41, 5.74) is 3.25. The number of hydrogen-bond acceptors (Lipinski definition) is 3. The van der Waals surface area contributed by atoms with Crippen molar-refractivity contribution >= 4 is 27.5 Å². The highest BCUT2D eigenvalue weighted by Crippen LogP contribution is 2.26. The van der Waals surface area contributed by atoms with Gasteiger partial charge in [0, 0.05) is 19.6 Å². The fourth-order valence-electron chi connectivity index (χ4n) is 4.05. The number of benzene rings is 1. The van der Waals surface area contributed by atoms with Crippen LogP contribution < -0.4 is 0 Å². The lowest BCUT2D eigenvalue weighted by molar-refractivity contribution is 0.0585. The number of hydrogen-bond donors (Lipinski definition) is 0. The SMILES string of the molecule is CN1CCC(N(CCc2ccccc2)C(=O)c2cc3sccc3n2C)CC1. The minimum absolute atomic E-state index is 0.173. The first kappa shape index (κ1) is 18.3. The molecular formula is C22H27N3OS. The van der Waals surface area contributed by atoms with E-state index < -0.39 is 0 Å². The van der Waals surface area contributed by atoms with Crippen LogP contribution in [0.4, 0.5) is 0 Å². The van der Waals surface area contributed by atoms with E-state index >= 15 is 0 Å². The Morgan fingerprint density at radius 1 is 1.15 bits per heavy atom. The third-order valence-electron chi connectivity index (χ3n) is 5.76. The van der Waals surface area contributed by atoms with E-state index in [2.05, 4.69) is 63.2 Å². The summed E-state index contributed by atoms with van der Waals surface area (Å²) in [5.74, 6) is 0.173. The van der Waals surface area contributed by atoms with Crippen LogP contribution in [0.15, 0.2) is 47.8 Å². The molecule has 1 aliphatic heterocycles. The number of aryl methyl sites for hydroxylation is 1. The van der Waals surface area contributed by atoms with Crippen molar-refractivity contribution in [3.8, 4) is 0 Å². The zero-order chi connectivity index (χ0) is 18.8. The Hall–Kier alpha value is -2.11. The maximum absolute atomic E-state index is 13.5. The van der Waals surface area contributed by atoms with E-state index in [-0.39, 0.29) is 5.91 Å². The molecule has 1 saturated heterocycles. The molecule has 1 aliphatic rings. The predicted molar refractivity (Wildman–Crippen MR) is 112 cm³/mol. The molecule has 0 aliphatic carbocycles. The normalized spacial score (nSPS) is 16.1. The molecule has 142 valence electrons. The van der Waals surface area contributed by atoms with Crippen LogP contribution in [0.1, 0.15) is 28.9 Å². The van der Waals surface area contributed by atoms with Crippen LogP contribution in [0, 0.1) is 0 Å². The number of carbonyl (C=O) groups excluding carboxylic acids is 1. The standard InChI is InChI=1S/C22H27N3OS/c1-23-12-9-18(10-13-23)25(14-8-17-6-4-3-5-7-17)22(26)20-16-21-19(24(20)2)11-15-27-21/h3-7,11,15-16,18H,8-10,12-14H2,1-2H3. The topological polar surface area (TPSA) is 28.5 Å². The van der Waals surface area contributed by atoms with E-state index in [0.717, 1.165) is 50.1 Å². The molecule has 2 aromatic heterocycles. The van der Waals surface area contributed by atoms with Crippen molar-refractivity contribution in [2.45, 2.75) is 25.3 Å². The molecule has 1 aromatic carbocycles. The largest absolute Gasteiger partial charge is 0.339 e. The van der Waals surface area contributed by atoms with Gasteiger partial charge in [0.25, 0.3) is 5.91 Å². The van der Waals surface area contributed by atoms with Gasteiger partial charge < -0.3 is 14.4 Å². The third-order valence-corrected chi connectivity index (χ3v) is 6.61. The summed E-state index contributed by atoms with van der Waals surface area (Å²) in [7, 11) is 4.17. The van der Waals surface area contributed by atoms with Gasteiger partial charge in [0.15, 0.2) is 0 Å². The highest BCUT2D eigenvalue weighted by Gasteiger charge is 2.29. The fraction of sp³-hybridized carbons (Fsp3) is 0.409. The Balaban J connectivity index is 1.58. The summed E-state index contributed by atoms with van der Waals surface area (Å²) in [6, 6.07) is 15.0. The summed E-state index contributed by atoms with van der Waals surface area (Å²) >= 11 is 1.70. The maximum atomic E-state index is 13.5. The van der Waals surface area contributed by atoms with Crippen LogP contribution in [-0.2, 0) is 13.5 Å². The van der Waals surface area contributed by atoms with Gasteiger partial charge in [-0.25, -0.2) is 0 Å². The van der Waals surface area contributed by atoms with Gasteiger partial charge in [-0.2, -0.15) is 0 Å². The van der Waals surface area contributed by atoms with Crippen molar-refractivity contribution in [1.29, 1.82) is 0 Å². The molecule has 0 atom stereocenters. The lowest BCUT2D eigenvalue weighted by Crippen LogP contribution is -2.47. The van der Waals surface area contributed by atoms with Crippen LogP contribution in [-0.4, -0.2) is 53.0 Å². The molecule has 4 nitrogen and oxygen atoms in total. The quantitative estimate of drug-likeness (QED) is 0.668. The first-order chi connectivity index (χ1) is 13.1. The molecule has 4 rings (SSSR count). The molecular weight excluding hydrogens is 354 g/mol. The second-order valence-electron chi connectivity index (χ2n) is 7.53. The highest BCUT2D eigenvalue weighted by atomic mass is 32.1. The minimum atomic E-state index is 0.173. The first-order valence-electron chi connectivity index (χ1n) is 9.70. The van der Waals surface area contributed by atoms with Gasteiger partial charge in [-0.3, -0.25) is 4.79 Å². The van der Waals surface area contributed by atoms with E-state index in [1.165, 1.54) is 10.3 Å². The van der Waals surface area contributed by atoms with Crippen LogP contribution in [0.3, 0.4) is 0 Å². The van der Waals surface area contributed by atoms with Crippen LogP contribution >= 0.6 is 11.3 Å². The number of likely N-dealkylation sites (tertiary alicyclic amines) is 1. The van der Waals surface area contributed by atoms with Crippen molar-refractivity contribution in [2.75, 3.05) is 26.7 Å². The number of aromatic nitrogens is 1. The molecule has 1 amide bonds. The molecule has 1 fully saturated rings. The number of fused-ring (bicyclic) bond motifs is 1. The minimum Gasteiger partial charge on any atom is -0.339 e. The summed E-state index contributed by atoms with van der Waals surface area (Å²) in [5, 5.41) is 2.09. The Morgan fingerprint density at radius 2 is 1.89 bits per heavy atom. The Bertz CT molecular complexity index is 906. The molecule has 0 spiro atoms. The molecule has 27 heavy (non-hydrogen) atoms. The van der Waals surface area contributed by atoms with E-state index in [1.807, 2.05) is 13.1 Å². The average molecular weight is 382 g/mol. The van der Waals surface area contributed by atoms with Crippen molar-refractivity contribution in [1.82, 2.24) is 14.4 Å². The first-order valence-corrected chi connectivity index (χ1v) is 10.6. The fourth-order valence-corrected chi connectivity index (χ4v) is 4.90. The van der Waals surface area contributed by atoms with Gasteiger partial charge in [-0.05, 0) is 62.5 Å². The van der Waals surface area contributed by atoms with Crippen molar-refractivity contribution in [3.05, 3.63) is 59.1 Å². The summed E-state index contributed by atoms with van der Waals surface area (Å²) < 4.78 is 3.24. The summed E-state index contributed by atoms with van der Waals surface area (Å²) in [4.78, 5) is 18.0. The van der Waals surface area contributed by atoms with Gasteiger partial charge >= 0.3 is 0 Å². The molecule has 0 saturated carbocycles. The molecule has 5 heteroatoms. The van der Waals surface area contributed by atoms with Gasteiger partial charge in [-0.15, -0.1) is 11.3 Å².